The molecular weight excluding hydrogens is 426 g/mol. The van der Waals surface area contributed by atoms with E-state index in [4.69, 9.17) is 4.55 Å². The smallest absolute Gasteiger partial charge is 0.265 e. The van der Waals surface area contributed by atoms with Gasteiger partial charge in [-0.15, -0.1) is 0 Å². The van der Waals surface area contributed by atoms with Gasteiger partial charge in [0.1, 0.15) is 11.5 Å². The number of rotatable bonds is 4. The first kappa shape index (κ1) is 25.2. The van der Waals surface area contributed by atoms with Crippen LogP contribution in [0.3, 0.4) is 0 Å². The Labute approximate surface area is 193 Å². The Morgan fingerprint density at radius 3 is 2.44 bits per heavy atom. The molecule has 6 nitrogen and oxygen atoms in total. The molecule has 0 spiro atoms. The zero-order chi connectivity index (χ0) is 23.8. The highest BCUT2D eigenvalue weighted by Crippen LogP contribution is 2.64. The first-order chi connectivity index (χ1) is 14.9. The van der Waals surface area contributed by atoms with Crippen LogP contribution in [0.1, 0.15) is 71.3 Å². The van der Waals surface area contributed by atoms with Gasteiger partial charge in [0.15, 0.2) is 0 Å². The zero-order valence-electron chi connectivity index (χ0n) is 19.9. The summed E-state index contributed by atoms with van der Waals surface area (Å²) in [5.41, 5.74) is 0.406. The molecule has 1 heterocycles. The molecule has 3 atom stereocenters. The summed E-state index contributed by atoms with van der Waals surface area (Å²) in [7, 11) is -1.87. The monoisotopic (exact) mass is 465 g/mol. The highest BCUT2D eigenvalue weighted by Gasteiger charge is 2.65. The minimum Gasteiger partial charge on any atom is -0.508 e. The SMILES string of the molecule is CC1(C)[C@@H]2CC[C@@]1(CS(=O)(=O)O)C(=O)C2.CCC1(c2cccc(O)c2)CCCCN(C)C1. The van der Waals surface area contributed by atoms with Gasteiger partial charge in [-0.1, -0.05) is 39.3 Å². The molecule has 4 rings (SSSR count). The molecule has 32 heavy (non-hydrogen) atoms. The lowest BCUT2D eigenvalue weighted by atomic mass is 9.70. The lowest BCUT2D eigenvalue weighted by molar-refractivity contribution is -0.128. The molecule has 1 unspecified atom stereocenters. The van der Waals surface area contributed by atoms with Crippen LogP contribution >= 0.6 is 0 Å². The minimum absolute atomic E-state index is 0.0152. The number of benzene rings is 1. The van der Waals surface area contributed by atoms with Crippen molar-refractivity contribution < 1.29 is 22.9 Å². The molecule has 2 saturated carbocycles. The molecule has 1 aromatic rings. The van der Waals surface area contributed by atoms with Crippen molar-refractivity contribution in [1.82, 2.24) is 4.90 Å². The van der Waals surface area contributed by atoms with E-state index in [1.807, 2.05) is 26.0 Å². The second-order valence-corrected chi connectivity index (χ2v) is 12.2. The fourth-order valence-electron chi connectivity index (χ4n) is 6.50. The standard InChI is InChI=1S/C15H23NO.C10H16O4S/c1-3-15(9-4-5-10-16(2)12-15)13-7-6-8-14(17)11-13;1-9(2)7-3-4-10(9,8(11)5-7)6-15(12,13)14/h6-8,11,17H,3-5,9-10,12H2,1-2H3;7H,3-6H2,1-2H3,(H,12,13,14)/t;7-,10-/m.1/s1. The maximum Gasteiger partial charge on any atom is 0.265 e. The number of hydrogen-bond acceptors (Lipinski definition) is 5. The molecule has 3 fully saturated rings. The van der Waals surface area contributed by atoms with Crippen molar-refractivity contribution in [2.45, 2.75) is 71.1 Å². The summed E-state index contributed by atoms with van der Waals surface area (Å²) in [5.74, 6) is 0.290. The van der Waals surface area contributed by atoms with E-state index in [2.05, 4.69) is 24.9 Å². The number of phenols is 1. The molecule has 2 N–H and O–H groups in total. The lowest BCUT2D eigenvalue weighted by Gasteiger charge is -2.35. The van der Waals surface area contributed by atoms with Crippen molar-refractivity contribution in [2.75, 3.05) is 25.9 Å². The molecule has 2 aliphatic carbocycles. The summed E-state index contributed by atoms with van der Waals surface area (Å²) >= 11 is 0. The predicted octanol–water partition coefficient (Wildman–Crippen LogP) is 4.43. The van der Waals surface area contributed by atoms with Crippen molar-refractivity contribution in [3.05, 3.63) is 29.8 Å². The van der Waals surface area contributed by atoms with Gasteiger partial charge in [-0.3, -0.25) is 9.35 Å². The van der Waals surface area contributed by atoms with Crippen molar-refractivity contribution >= 4 is 15.9 Å². The number of ketones is 1. The average Bonchev–Trinajstić information content (AvgIpc) is 2.93. The number of carbonyl (C=O) groups is 1. The Morgan fingerprint density at radius 2 is 1.91 bits per heavy atom. The second kappa shape index (κ2) is 9.07. The van der Waals surface area contributed by atoms with Crippen molar-refractivity contribution in [1.29, 1.82) is 0 Å². The van der Waals surface area contributed by atoms with E-state index in [1.165, 1.54) is 31.4 Å². The van der Waals surface area contributed by atoms with E-state index in [0.717, 1.165) is 19.4 Å². The third-order valence-electron chi connectivity index (χ3n) is 8.72. The van der Waals surface area contributed by atoms with Crippen LogP contribution in [0, 0.1) is 16.7 Å². The summed E-state index contributed by atoms with van der Waals surface area (Å²) in [5, 5.41) is 9.68. The molecule has 0 aromatic heterocycles. The molecule has 0 amide bonds. The van der Waals surface area contributed by atoms with Crippen LogP contribution in [0.25, 0.3) is 0 Å². The average molecular weight is 466 g/mol. The van der Waals surface area contributed by atoms with Gasteiger partial charge >= 0.3 is 0 Å². The number of Topliss-reactive ketones (excluding diaryl/α,β-unsaturated/α-hetero) is 1. The van der Waals surface area contributed by atoms with E-state index in [9.17, 15) is 18.3 Å². The number of likely N-dealkylation sites (N-methyl/N-ethyl adjacent to an activating group) is 1. The Kier molecular flexibility index (Phi) is 7.14. The molecule has 7 heteroatoms. The van der Waals surface area contributed by atoms with Crippen molar-refractivity contribution in [2.24, 2.45) is 16.7 Å². The van der Waals surface area contributed by atoms with Crippen molar-refractivity contribution in [3.8, 4) is 5.75 Å². The Morgan fingerprint density at radius 1 is 1.19 bits per heavy atom. The zero-order valence-corrected chi connectivity index (χ0v) is 20.7. The van der Waals surface area contributed by atoms with Crippen LogP contribution in [0.5, 0.6) is 5.75 Å². The number of fused-ring (bicyclic) bond motifs is 2. The highest BCUT2D eigenvalue weighted by atomic mass is 32.2. The molecule has 2 bridgehead atoms. The Balaban J connectivity index is 0.000000182. The van der Waals surface area contributed by atoms with E-state index in [-0.39, 0.29) is 22.5 Å². The number of carbonyl (C=O) groups excluding carboxylic acids is 1. The van der Waals surface area contributed by atoms with Crippen LogP contribution in [0.4, 0.5) is 0 Å². The van der Waals surface area contributed by atoms with E-state index < -0.39 is 21.3 Å². The summed E-state index contributed by atoms with van der Waals surface area (Å²) in [4.78, 5) is 14.3. The van der Waals surface area contributed by atoms with Crippen LogP contribution < -0.4 is 0 Å². The fourth-order valence-corrected chi connectivity index (χ4v) is 7.80. The topological polar surface area (TPSA) is 94.9 Å². The summed E-state index contributed by atoms with van der Waals surface area (Å²) in [6.07, 6.45) is 6.92. The number of hydrogen-bond donors (Lipinski definition) is 2. The molecule has 1 aliphatic heterocycles. The van der Waals surface area contributed by atoms with Gasteiger partial charge in [0.05, 0.1) is 11.2 Å². The van der Waals surface area contributed by atoms with E-state index >= 15 is 0 Å². The third kappa shape index (κ3) is 4.75. The largest absolute Gasteiger partial charge is 0.508 e. The van der Waals surface area contributed by atoms with E-state index in [0.29, 0.717) is 18.6 Å². The first-order valence-corrected chi connectivity index (χ1v) is 13.4. The Bertz CT molecular complexity index is 943. The summed E-state index contributed by atoms with van der Waals surface area (Å²) in [6, 6.07) is 7.84. The van der Waals surface area contributed by atoms with Crippen LogP contribution in [0.15, 0.2) is 24.3 Å². The van der Waals surface area contributed by atoms with Gasteiger partial charge in [-0.05, 0) is 74.7 Å². The van der Waals surface area contributed by atoms with Crippen LogP contribution in [-0.2, 0) is 20.3 Å². The lowest BCUT2D eigenvalue weighted by Crippen LogP contribution is -2.42. The van der Waals surface area contributed by atoms with Gasteiger partial charge in [0.25, 0.3) is 10.1 Å². The number of phenolic OH excluding ortho intramolecular Hbond substituents is 1. The number of nitrogens with zero attached hydrogens (tertiary/aromatic N) is 1. The van der Waals surface area contributed by atoms with Gasteiger partial charge < -0.3 is 10.0 Å². The minimum atomic E-state index is -4.08. The first-order valence-electron chi connectivity index (χ1n) is 11.8. The maximum absolute atomic E-state index is 11.9. The number of likely N-dealkylation sites (tertiary alicyclic amines) is 1. The van der Waals surface area contributed by atoms with Crippen LogP contribution in [0.2, 0.25) is 0 Å². The summed E-state index contributed by atoms with van der Waals surface area (Å²) in [6.45, 7) is 8.46. The van der Waals surface area contributed by atoms with Gasteiger partial charge in [0.2, 0.25) is 0 Å². The molecule has 1 aromatic carbocycles. The van der Waals surface area contributed by atoms with Gasteiger partial charge in [-0.2, -0.15) is 8.42 Å². The fraction of sp³-hybridized carbons (Fsp3) is 0.720. The maximum atomic E-state index is 11.9. The molecule has 0 radical (unpaired) electrons. The van der Waals surface area contributed by atoms with Crippen LogP contribution in [-0.4, -0.2) is 54.7 Å². The van der Waals surface area contributed by atoms with Crippen molar-refractivity contribution in [3.63, 3.8) is 0 Å². The highest BCUT2D eigenvalue weighted by molar-refractivity contribution is 7.85. The molecule has 180 valence electrons. The number of aromatic hydroxyl groups is 1. The third-order valence-corrected chi connectivity index (χ3v) is 9.58. The van der Waals surface area contributed by atoms with Gasteiger partial charge in [-0.25, -0.2) is 0 Å². The normalized spacial score (nSPS) is 32.3. The predicted molar refractivity (Wildman–Crippen MR) is 126 cm³/mol. The van der Waals surface area contributed by atoms with E-state index in [1.54, 1.807) is 6.07 Å². The molecule has 3 aliphatic rings. The molecular formula is C25H39NO5S. The van der Waals surface area contributed by atoms with Gasteiger partial charge in [0, 0.05) is 18.4 Å². The quantitative estimate of drug-likeness (QED) is 0.639. The Hall–Kier alpha value is -1.44. The second-order valence-electron chi connectivity index (χ2n) is 10.8. The molecule has 1 saturated heterocycles. The summed E-state index contributed by atoms with van der Waals surface area (Å²) < 4.78 is 31.0.